The minimum Gasteiger partial charge on any atom is -0.439 e. The molecule has 2 aromatic heterocycles. The summed E-state index contributed by atoms with van der Waals surface area (Å²) >= 11 is 0. The Morgan fingerprint density at radius 3 is 2.94 bits per heavy atom. The summed E-state index contributed by atoms with van der Waals surface area (Å²) in [5.41, 5.74) is 8.20. The highest BCUT2D eigenvalue weighted by molar-refractivity contribution is 5.47. The van der Waals surface area contributed by atoms with Gasteiger partial charge in [-0.25, -0.2) is 4.98 Å². The molecule has 0 saturated heterocycles. The van der Waals surface area contributed by atoms with E-state index >= 15 is 0 Å². The molecule has 0 spiro atoms. The summed E-state index contributed by atoms with van der Waals surface area (Å²) in [4.78, 5) is 4.15. The van der Waals surface area contributed by atoms with E-state index in [4.69, 9.17) is 10.5 Å². The Labute approximate surface area is 104 Å². The maximum absolute atomic E-state index is 5.79. The smallest absolute Gasteiger partial charge is 0.222 e. The first-order valence-corrected chi connectivity index (χ1v) is 5.56. The molecule has 0 amide bonds. The van der Waals surface area contributed by atoms with E-state index in [9.17, 15) is 0 Å². The van der Waals surface area contributed by atoms with Gasteiger partial charge in [-0.15, -0.1) is 0 Å². The molecular formula is C13H12N4O. The molecule has 2 N–H and O–H groups in total. The molecule has 5 heteroatoms. The Bertz CT molecular complexity index is 705. The predicted octanol–water partition coefficient (Wildman–Crippen LogP) is 2.41. The van der Waals surface area contributed by atoms with Gasteiger partial charge in [0.15, 0.2) is 5.65 Å². The van der Waals surface area contributed by atoms with E-state index in [1.807, 2.05) is 37.3 Å². The number of fused-ring (bicyclic) bond motifs is 1. The monoisotopic (exact) mass is 240 g/mol. The fourth-order valence-electron chi connectivity index (χ4n) is 1.79. The van der Waals surface area contributed by atoms with Gasteiger partial charge in [-0.1, -0.05) is 6.07 Å². The SMILES string of the molecule is Cc1cc(Oc2cccc(N)c2)n2ncnc2c1. The molecule has 18 heavy (non-hydrogen) atoms. The number of aromatic nitrogens is 3. The summed E-state index contributed by atoms with van der Waals surface area (Å²) in [6.07, 6.45) is 1.50. The normalized spacial score (nSPS) is 10.7. The zero-order valence-corrected chi connectivity index (χ0v) is 9.87. The molecule has 0 aliphatic rings. The molecule has 3 rings (SSSR count). The maximum atomic E-state index is 5.79. The quantitative estimate of drug-likeness (QED) is 0.698. The van der Waals surface area contributed by atoms with Crippen LogP contribution in [0.25, 0.3) is 5.65 Å². The molecule has 0 aliphatic heterocycles. The van der Waals surface area contributed by atoms with Gasteiger partial charge in [0.25, 0.3) is 0 Å². The number of pyridine rings is 1. The van der Waals surface area contributed by atoms with Crippen LogP contribution >= 0.6 is 0 Å². The zero-order chi connectivity index (χ0) is 12.5. The summed E-state index contributed by atoms with van der Waals surface area (Å²) in [6, 6.07) is 11.1. The van der Waals surface area contributed by atoms with Crippen LogP contribution in [0, 0.1) is 6.92 Å². The topological polar surface area (TPSA) is 65.4 Å². The first kappa shape index (κ1) is 10.6. The van der Waals surface area contributed by atoms with Gasteiger partial charge in [0.2, 0.25) is 5.88 Å². The minimum absolute atomic E-state index is 0.619. The number of aryl methyl sites for hydroxylation is 1. The number of nitrogen functional groups attached to an aromatic ring is 1. The van der Waals surface area contributed by atoms with Gasteiger partial charge in [0.1, 0.15) is 12.1 Å². The molecule has 0 aliphatic carbocycles. The lowest BCUT2D eigenvalue weighted by Crippen LogP contribution is -1.97. The van der Waals surface area contributed by atoms with E-state index in [2.05, 4.69) is 10.1 Å². The van der Waals surface area contributed by atoms with Crippen LogP contribution in [-0.2, 0) is 0 Å². The van der Waals surface area contributed by atoms with Crippen LogP contribution < -0.4 is 10.5 Å². The van der Waals surface area contributed by atoms with E-state index in [0.717, 1.165) is 11.2 Å². The van der Waals surface area contributed by atoms with Gasteiger partial charge in [0.05, 0.1) is 0 Å². The summed E-state index contributed by atoms with van der Waals surface area (Å²) in [5.74, 6) is 1.30. The van der Waals surface area contributed by atoms with Crippen molar-refractivity contribution in [1.29, 1.82) is 0 Å². The van der Waals surface area contributed by atoms with E-state index in [0.29, 0.717) is 17.3 Å². The van der Waals surface area contributed by atoms with Crippen molar-refractivity contribution in [2.24, 2.45) is 0 Å². The fraction of sp³-hybridized carbons (Fsp3) is 0.0769. The first-order valence-electron chi connectivity index (χ1n) is 5.56. The van der Waals surface area contributed by atoms with Crippen LogP contribution in [0.3, 0.4) is 0 Å². The molecule has 0 bridgehead atoms. The molecule has 5 nitrogen and oxygen atoms in total. The highest BCUT2D eigenvalue weighted by Gasteiger charge is 2.06. The average Bonchev–Trinajstić information content (AvgIpc) is 2.77. The number of nitrogens with zero attached hydrogens (tertiary/aromatic N) is 3. The molecule has 1 aromatic carbocycles. The van der Waals surface area contributed by atoms with Crippen molar-refractivity contribution in [1.82, 2.24) is 14.6 Å². The highest BCUT2D eigenvalue weighted by atomic mass is 16.5. The number of nitrogens with two attached hydrogens (primary N) is 1. The van der Waals surface area contributed by atoms with Crippen molar-refractivity contribution >= 4 is 11.3 Å². The van der Waals surface area contributed by atoms with Gasteiger partial charge in [0, 0.05) is 17.8 Å². The van der Waals surface area contributed by atoms with Crippen LogP contribution in [0.5, 0.6) is 11.6 Å². The minimum atomic E-state index is 0.619. The largest absolute Gasteiger partial charge is 0.439 e. The lowest BCUT2D eigenvalue weighted by Gasteiger charge is -2.08. The summed E-state index contributed by atoms with van der Waals surface area (Å²) in [5, 5.41) is 4.13. The van der Waals surface area contributed by atoms with Crippen molar-refractivity contribution < 1.29 is 4.74 Å². The summed E-state index contributed by atoms with van der Waals surface area (Å²) in [6.45, 7) is 1.99. The van der Waals surface area contributed by atoms with Gasteiger partial charge in [-0.05, 0) is 30.7 Å². The predicted molar refractivity (Wildman–Crippen MR) is 68.7 cm³/mol. The summed E-state index contributed by atoms with van der Waals surface area (Å²) in [7, 11) is 0. The van der Waals surface area contributed by atoms with Crippen LogP contribution in [0.1, 0.15) is 5.56 Å². The third kappa shape index (κ3) is 1.86. The number of hydrogen-bond acceptors (Lipinski definition) is 4. The van der Waals surface area contributed by atoms with E-state index in [1.165, 1.54) is 6.33 Å². The number of anilines is 1. The van der Waals surface area contributed by atoms with Crippen molar-refractivity contribution in [2.45, 2.75) is 6.92 Å². The molecule has 3 aromatic rings. The second-order valence-electron chi connectivity index (χ2n) is 4.08. The second-order valence-corrected chi connectivity index (χ2v) is 4.08. The Kier molecular flexibility index (Phi) is 2.37. The Morgan fingerprint density at radius 2 is 2.11 bits per heavy atom. The Hall–Kier alpha value is -2.56. The Morgan fingerprint density at radius 1 is 1.22 bits per heavy atom. The van der Waals surface area contributed by atoms with E-state index < -0.39 is 0 Å². The first-order chi connectivity index (χ1) is 8.72. The molecule has 2 heterocycles. The Balaban J connectivity index is 2.06. The number of rotatable bonds is 2. The second kappa shape index (κ2) is 4.03. The van der Waals surface area contributed by atoms with Crippen molar-refractivity contribution in [3.8, 4) is 11.6 Å². The molecule has 0 radical (unpaired) electrons. The zero-order valence-electron chi connectivity index (χ0n) is 9.87. The van der Waals surface area contributed by atoms with Crippen molar-refractivity contribution in [3.63, 3.8) is 0 Å². The van der Waals surface area contributed by atoms with Gasteiger partial charge >= 0.3 is 0 Å². The number of hydrogen-bond donors (Lipinski definition) is 1. The van der Waals surface area contributed by atoms with Crippen LogP contribution in [0.2, 0.25) is 0 Å². The molecule has 0 unspecified atom stereocenters. The van der Waals surface area contributed by atoms with Gasteiger partial charge in [-0.2, -0.15) is 9.61 Å². The lowest BCUT2D eigenvalue weighted by atomic mass is 10.3. The van der Waals surface area contributed by atoms with Crippen molar-refractivity contribution in [3.05, 3.63) is 48.3 Å². The number of ether oxygens (including phenoxy) is 1. The van der Waals surface area contributed by atoms with Gasteiger partial charge < -0.3 is 10.5 Å². The third-order valence-corrected chi connectivity index (χ3v) is 2.57. The average molecular weight is 240 g/mol. The van der Waals surface area contributed by atoms with E-state index in [-0.39, 0.29) is 0 Å². The highest BCUT2D eigenvalue weighted by Crippen LogP contribution is 2.24. The third-order valence-electron chi connectivity index (χ3n) is 2.57. The molecule has 0 atom stereocenters. The van der Waals surface area contributed by atoms with E-state index in [1.54, 1.807) is 10.6 Å². The number of benzene rings is 1. The standard InChI is InChI=1S/C13H12N4O/c1-9-5-12-15-8-16-17(12)13(6-9)18-11-4-2-3-10(14)7-11/h2-8H,14H2,1H3. The van der Waals surface area contributed by atoms with Gasteiger partial charge in [-0.3, -0.25) is 0 Å². The van der Waals surface area contributed by atoms with Crippen LogP contribution in [0.15, 0.2) is 42.7 Å². The molecule has 0 fully saturated rings. The lowest BCUT2D eigenvalue weighted by molar-refractivity contribution is 0.447. The van der Waals surface area contributed by atoms with Crippen molar-refractivity contribution in [2.75, 3.05) is 5.73 Å². The molecule has 0 saturated carbocycles. The molecular weight excluding hydrogens is 228 g/mol. The fourth-order valence-corrected chi connectivity index (χ4v) is 1.79. The summed E-state index contributed by atoms with van der Waals surface area (Å²) < 4.78 is 7.44. The van der Waals surface area contributed by atoms with Crippen LogP contribution in [-0.4, -0.2) is 14.6 Å². The molecule has 90 valence electrons. The maximum Gasteiger partial charge on any atom is 0.222 e. The van der Waals surface area contributed by atoms with Crippen LogP contribution in [0.4, 0.5) is 5.69 Å².